The van der Waals surface area contributed by atoms with Crippen molar-refractivity contribution in [3.63, 3.8) is 0 Å². The first-order chi connectivity index (χ1) is 8.15. The third kappa shape index (κ3) is 4.88. The maximum absolute atomic E-state index is 10.7. The third-order valence-corrected chi connectivity index (χ3v) is 4.03. The van der Waals surface area contributed by atoms with Gasteiger partial charge in [-0.25, -0.2) is 4.79 Å². The van der Waals surface area contributed by atoms with E-state index in [-0.39, 0.29) is 6.04 Å². The minimum Gasteiger partial charge on any atom is -0.477 e. The summed E-state index contributed by atoms with van der Waals surface area (Å²) < 4.78 is 0. The molecule has 0 spiro atoms. The van der Waals surface area contributed by atoms with Crippen molar-refractivity contribution in [2.45, 2.75) is 51.5 Å². The zero-order valence-corrected chi connectivity index (χ0v) is 11.1. The molecule has 0 fully saturated rings. The lowest BCUT2D eigenvalue weighted by atomic mass is 10.1. The fourth-order valence-electron chi connectivity index (χ4n) is 1.78. The van der Waals surface area contributed by atoms with E-state index in [0.717, 1.165) is 17.7 Å². The van der Waals surface area contributed by atoms with Gasteiger partial charge in [-0.3, -0.25) is 0 Å². The van der Waals surface area contributed by atoms with Gasteiger partial charge in [0.15, 0.2) is 0 Å². The molecule has 0 bridgehead atoms. The summed E-state index contributed by atoms with van der Waals surface area (Å²) in [5, 5.41) is 8.82. The number of aromatic carboxylic acids is 1. The maximum atomic E-state index is 10.7. The van der Waals surface area contributed by atoms with Crippen LogP contribution in [0.4, 0.5) is 0 Å². The van der Waals surface area contributed by atoms with Gasteiger partial charge in [-0.2, -0.15) is 0 Å². The number of nitrogens with two attached hydrogens (primary N) is 1. The Bertz CT molecular complexity index is 349. The summed E-state index contributed by atoms with van der Waals surface area (Å²) in [4.78, 5) is 12.1. The molecule has 0 radical (unpaired) electrons. The lowest BCUT2D eigenvalue weighted by Crippen LogP contribution is -2.08. The number of carboxylic acids is 1. The second-order valence-electron chi connectivity index (χ2n) is 4.32. The van der Waals surface area contributed by atoms with Gasteiger partial charge < -0.3 is 10.8 Å². The first kappa shape index (κ1) is 14.2. The zero-order chi connectivity index (χ0) is 12.7. The summed E-state index contributed by atoms with van der Waals surface area (Å²) in [7, 11) is 0. The molecule has 0 aromatic carbocycles. The number of hydrogen-bond acceptors (Lipinski definition) is 3. The Morgan fingerprint density at radius 2 is 2.06 bits per heavy atom. The lowest BCUT2D eigenvalue weighted by Gasteiger charge is -2.08. The molecule has 17 heavy (non-hydrogen) atoms. The molecule has 1 heterocycles. The van der Waals surface area contributed by atoms with E-state index in [2.05, 4.69) is 6.92 Å². The molecular weight excluding hydrogens is 234 g/mol. The summed E-state index contributed by atoms with van der Waals surface area (Å²) in [6, 6.07) is 3.47. The van der Waals surface area contributed by atoms with Crippen LogP contribution in [0.5, 0.6) is 0 Å². The molecule has 96 valence electrons. The Morgan fingerprint density at radius 3 is 2.65 bits per heavy atom. The fourth-order valence-corrected chi connectivity index (χ4v) is 2.66. The maximum Gasteiger partial charge on any atom is 0.345 e. The normalized spacial score (nSPS) is 12.6. The molecule has 1 atom stereocenters. The monoisotopic (exact) mass is 255 g/mol. The van der Waals surface area contributed by atoms with Gasteiger partial charge in [-0.05, 0) is 18.6 Å². The molecule has 4 heteroatoms. The summed E-state index contributed by atoms with van der Waals surface area (Å²) in [5.74, 6) is -0.864. The third-order valence-electron chi connectivity index (χ3n) is 2.82. The standard InChI is InChI=1S/C13H21NO2S/c1-2-3-4-5-6-7-10(14)11-8-9-12(17-11)13(15)16/h8-10H,2-7,14H2,1H3,(H,15,16). The van der Waals surface area contributed by atoms with E-state index in [1.807, 2.05) is 6.07 Å². The SMILES string of the molecule is CCCCCCCC(N)c1ccc(C(=O)O)s1. The minimum atomic E-state index is -0.864. The van der Waals surface area contributed by atoms with Gasteiger partial charge in [0.25, 0.3) is 0 Å². The van der Waals surface area contributed by atoms with Crippen LogP contribution in [0.1, 0.15) is 66.0 Å². The van der Waals surface area contributed by atoms with Gasteiger partial charge in [-0.15, -0.1) is 11.3 Å². The Labute approximate surface area is 107 Å². The quantitative estimate of drug-likeness (QED) is 0.694. The smallest absolute Gasteiger partial charge is 0.345 e. The fraction of sp³-hybridized carbons (Fsp3) is 0.615. The van der Waals surface area contributed by atoms with Gasteiger partial charge in [-0.1, -0.05) is 39.0 Å². The number of unbranched alkanes of at least 4 members (excludes halogenated alkanes) is 4. The average Bonchev–Trinajstić information content (AvgIpc) is 2.78. The number of hydrogen-bond donors (Lipinski definition) is 2. The summed E-state index contributed by atoms with van der Waals surface area (Å²) >= 11 is 1.29. The van der Waals surface area contributed by atoms with Gasteiger partial charge in [0.05, 0.1) is 0 Å². The molecule has 1 aromatic rings. The van der Waals surface area contributed by atoms with Crippen LogP contribution in [0.15, 0.2) is 12.1 Å². The molecule has 3 N–H and O–H groups in total. The zero-order valence-electron chi connectivity index (χ0n) is 10.3. The van der Waals surface area contributed by atoms with E-state index in [4.69, 9.17) is 10.8 Å². The lowest BCUT2D eigenvalue weighted by molar-refractivity contribution is 0.0702. The molecule has 3 nitrogen and oxygen atoms in total. The Balaban J connectivity index is 2.31. The molecule has 0 amide bonds. The first-order valence-electron chi connectivity index (χ1n) is 6.23. The van der Waals surface area contributed by atoms with E-state index in [0.29, 0.717) is 4.88 Å². The Morgan fingerprint density at radius 1 is 1.35 bits per heavy atom. The molecule has 1 rings (SSSR count). The van der Waals surface area contributed by atoms with Crippen LogP contribution < -0.4 is 5.73 Å². The van der Waals surface area contributed by atoms with E-state index in [9.17, 15) is 4.79 Å². The van der Waals surface area contributed by atoms with Crippen molar-refractivity contribution in [2.75, 3.05) is 0 Å². The van der Waals surface area contributed by atoms with Crippen molar-refractivity contribution in [3.8, 4) is 0 Å². The van der Waals surface area contributed by atoms with Crippen molar-refractivity contribution in [2.24, 2.45) is 5.73 Å². The van der Waals surface area contributed by atoms with Gasteiger partial charge in [0.2, 0.25) is 0 Å². The first-order valence-corrected chi connectivity index (χ1v) is 7.05. The second kappa shape index (κ2) is 7.45. The Hall–Kier alpha value is -0.870. The topological polar surface area (TPSA) is 63.3 Å². The van der Waals surface area contributed by atoms with Crippen LogP contribution >= 0.6 is 11.3 Å². The van der Waals surface area contributed by atoms with Crippen molar-refractivity contribution < 1.29 is 9.90 Å². The average molecular weight is 255 g/mol. The molecule has 0 aliphatic heterocycles. The van der Waals surface area contributed by atoms with Crippen LogP contribution in [0, 0.1) is 0 Å². The highest BCUT2D eigenvalue weighted by Gasteiger charge is 2.12. The van der Waals surface area contributed by atoms with Crippen molar-refractivity contribution in [1.82, 2.24) is 0 Å². The second-order valence-corrected chi connectivity index (χ2v) is 5.43. The molecule has 1 unspecified atom stereocenters. The molecule has 0 saturated carbocycles. The van der Waals surface area contributed by atoms with Crippen molar-refractivity contribution in [3.05, 3.63) is 21.9 Å². The highest BCUT2D eigenvalue weighted by molar-refractivity contribution is 7.14. The Kier molecular flexibility index (Phi) is 6.22. The molecule has 0 saturated heterocycles. The van der Waals surface area contributed by atoms with Crippen LogP contribution in [-0.4, -0.2) is 11.1 Å². The minimum absolute atomic E-state index is 0.00488. The summed E-state index contributed by atoms with van der Waals surface area (Å²) in [6.45, 7) is 2.20. The van der Waals surface area contributed by atoms with Crippen LogP contribution in [0.25, 0.3) is 0 Å². The largest absolute Gasteiger partial charge is 0.477 e. The molecule has 1 aromatic heterocycles. The molecular formula is C13H21NO2S. The highest BCUT2D eigenvalue weighted by atomic mass is 32.1. The van der Waals surface area contributed by atoms with Gasteiger partial charge in [0.1, 0.15) is 4.88 Å². The highest BCUT2D eigenvalue weighted by Crippen LogP contribution is 2.25. The predicted molar refractivity (Wildman–Crippen MR) is 71.6 cm³/mol. The molecule has 0 aliphatic rings. The van der Waals surface area contributed by atoms with E-state index >= 15 is 0 Å². The van der Waals surface area contributed by atoms with E-state index < -0.39 is 5.97 Å². The summed E-state index contributed by atoms with van der Waals surface area (Å²) in [6.07, 6.45) is 7.11. The van der Waals surface area contributed by atoms with E-state index in [1.54, 1.807) is 6.07 Å². The van der Waals surface area contributed by atoms with Crippen LogP contribution in [0.3, 0.4) is 0 Å². The van der Waals surface area contributed by atoms with Gasteiger partial charge >= 0.3 is 5.97 Å². The molecule has 0 aliphatic carbocycles. The van der Waals surface area contributed by atoms with Crippen molar-refractivity contribution >= 4 is 17.3 Å². The number of thiophene rings is 1. The number of carboxylic acid groups (broad SMARTS) is 1. The summed E-state index contributed by atoms with van der Waals surface area (Å²) in [5.41, 5.74) is 6.04. The van der Waals surface area contributed by atoms with E-state index in [1.165, 1.54) is 37.0 Å². The van der Waals surface area contributed by atoms with Crippen LogP contribution in [0.2, 0.25) is 0 Å². The van der Waals surface area contributed by atoms with Crippen LogP contribution in [-0.2, 0) is 0 Å². The number of rotatable bonds is 8. The van der Waals surface area contributed by atoms with Gasteiger partial charge in [0, 0.05) is 10.9 Å². The van der Waals surface area contributed by atoms with Crippen molar-refractivity contribution in [1.29, 1.82) is 0 Å². The predicted octanol–water partition coefficient (Wildman–Crippen LogP) is 3.81. The number of carbonyl (C=O) groups is 1.